The molecule has 0 spiro atoms. The third-order valence-electron chi connectivity index (χ3n) is 7.18. The lowest BCUT2D eigenvalue weighted by atomic mass is 9.79. The average Bonchev–Trinajstić information content (AvgIpc) is 3.51. The second-order valence-electron chi connectivity index (χ2n) is 9.83. The summed E-state index contributed by atoms with van der Waals surface area (Å²) in [6, 6.07) is 13.0. The minimum atomic E-state index is -1.10. The summed E-state index contributed by atoms with van der Waals surface area (Å²) in [6.07, 6.45) is 5.03. The highest BCUT2D eigenvalue weighted by Gasteiger charge is 2.40. The Kier molecular flexibility index (Phi) is 8.48. The summed E-state index contributed by atoms with van der Waals surface area (Å²) >= 11 is 6.19. The van der Waals surface area contributed by atoms with Crippen LogP contribution in [0.2, 0.25) is 5.02 Å². The van der Waals surface area contributed by atoms with Gasteiger partial charge in [0.1, 0.15) is 18.0 Å². The highest BCUT2D eigenvalue weighted by Crippen LogP contribution is 2.36. The van der Waals surface area contributed by atoms with Crippen LogP contribution >= 0.6 is 11.6 Å². The van der Waals surface area contributed by atoms with Crippen molar-refractivity contribution < 1.29 is 28.3 Å². The van der Waals surface area contributed by atoms with E-state index in [0.717, 1.165) is 12.1 Å². The van der Waals surface area contributed by atoms with Gasteiger partial charge >= 0.3 is 5.97 Å². The van der Waals surface area contributed by atoms with Crippen LogP contribution in [0, 0.1) is 11.6 Å². The maximum absolute atomic E-state index is 15.0. The van der Waals surface area contributed by atoms with Gasteiger partial charge in [-0.2, -0.15) is 4.68 Å². The van der Waals surface area contributed by atoms with Crippen molar-refractivity contribution in [3.63, 3.8) is 0 Å². The number of hydrogen-bond donors (Lipinski definition) is 1. The molecule has 4 aromatic rings. The number of likely N-dealkylation sites (tertiary alicyclic amines) is 1. The second-order valence-corrected chi connectivity index (χ2v) is 10.3. The monoisotopic (exact) mass is 591 g/mol. The number of hydrogen-bond acceptors (Lipinski definition) is 6. The number of piperidine rings is 1. The maximum atomic E-state index is 15.0. The predicted octanol–water partition coefficient (Wildman–Crippen LogP) is 4.89. The molecule has 1 N–H and O–H groups in total. The van der Waals surface area contributed by atoms with E-state index in [1.54, 1.807) is 24.3 Å². The zero-order valence-electron chi connectivity index (χ0n) is 22.0. The van der Waals surface area contributed by atoms with E-state index in [4.69, 9.17) is 11.6 Å². The van der Waals surface area contributed by atoms with Crippen molar-refractivity contribution in [3.05, 3.63) is 112 Å². The van der Waals surface area contributed by atoms with E-state index in [0.29, 0.717) is 34.7 Å². The van der Waals surface area contributed by atoms with Gasteiger partial charge in [-0.25, -0.2) is 13.6 Å². The van der Waals surface area contributed by atoms with E-state index in [-0.39, 0.29) is 29.9 Å². The van der Waals surface area contributed by atoms with Gasteiger partial charge in [-0.3, -0.25) is 9.59 Å². The first-order valence-corrected chi connectivity index (χ1v) is 13.4. The molecular formula is C30H24ClF2N5O4. The number of nitrogens with zero attached hydrogens (tertiary/aromatic N) is 5. The highest BCUT2D eigenvalue weighted by molar-refractivity contribution is 6.30. The molecule has 0 bridgehead atoms. The minimum Gasteiger partial charge on any atom is -0.478 e. The van der Waals surface area contributed by atoms with Gasteiger partial charge in [-0.05, 0) is 76.9 Å². The smallest absolute Gasteiger partial charge is 0.335 e. The number of carbonyl (C=O) groups is 3. The Morgan fingerprint density at radius 2 is 1.83 bits per heavy atom. The van der Waals surface area contributed by atoms with Crippen LogP contribution in [0.25, 0.3) is 11.8 Å². The van der Waals surface area contributed by atoms with Gasteiger partial charge in [0.15, 0.2) is 5.78 Å². The first-order chi connectivity index (χ1) is 20.2. The first kappa shape index (κ1) is 28.7. The number of ketones is 1. The third kappa shape index (κ3) is 6.26. The number of benzene rings is 3. The molecule has 2 unspecified atom stereocenters. The van der Waals surface area contributed by atoms with E-state index in [1.807, 2.05) is 0 Å². The number of carboxylic acids is 1. The van der Waals surface area contributed by atoms with Gasteiger partial charge in [0.2, 0.25) is 5.91 Å². The van der Waals surface area contributed by atoms with E-state index in [2.05, 4.69) is 15.5 Å². The van der Waals surface area contributed by atoms with E-state index >= 15 is 0 Å². The topological polar surface area (TPSA) is 118 Å². The van der Waals surface area contributed by atoms with E-state index < -0.39 is 35.5 Å². The maximum Gasteiger partial charge on any atom is 0.335 e. The van der Waals surface area contributed by atoms with Crippen LogP contribution in [0.3, 0.4) is 0 Å². The molecule has 1 fully saturated rings. The molecule has 214 valence electrons. The highest BCUT2D eigenvalue weighted by atomic mass is 35.5. The molecule has 5 rings (SSSR count). The van der Waals surface area contributed by atoms with Crippen LogP contribution in [-0.2, 0) is 16.0 Å². The number of aromatic nitrogens is 4. The number of rotatable bonds is 8. The van der Waals surface area contributed by atoms with Gasteiger partial charge in [0.05, 0.1) is 17.3 Å². The van der Waals surface area contributed by atoms with Crippen LogP contribution in [0.5, 0.6) is 0 Å². The lowest BCUT2D eigenvalue weighted by Gasteiger charge is -2.40. The number of carboxylic acid groups (broad SMARTS) is 1. The number of amides is 1. The number of carbonyl (C=O) groups excluding carboxylic acids is 2. The second kappa shape index (κ2) is 12.4. The zero-order valence-corrected chi connectivity index (χ0v) is 22.8. The van der Waals surface area contributed by atoms with Gasteiger partial charge in [-0.15, -0.1) is 5.10 Å². The Morgan fingerprint density at radius 1 is 1.05 bits per heavy atom. The van der Waals surface area contributed by atoms with Crippen molar-refractivity contribution in [2.75, 3.05) is 6.54 Å². The fourth-order valence-corrected chi connectivity index (χ4v) is 5.42. The predicted molar refractivity (Wildman–Crippen MR) is 149 cm³/mol. The molecule has 1 aromatic heterocycles. The van der Waals surface area contributed by atoms with Gasteiger partial charge in [0, 0.05) is 41.6 Å². The molecule has 1 aliphatic heterocycles. The van der Waals surface area contributed by atoms with E-state index in [9.17, 15) is 28.3 Å². The molecule has 9 nitrogen and oxygen atoms in total. The molecule has 1 saturated heterocycles. The van der Waals surface area contributed by atoms with Crippen LogP contribution in [0.4, 0.5) is 8.78 Å². The van der Waals surface area contributed by atoms with Crippen LogP contribution < -0.4 is 0 Å². The molecule has 1 aliphatic rings. The molecular weight excluding hydrogens is 568 g/mol. The minimum absolute atomic E-state index is 0.0686. The molecule has 12 heteroatoms. The molecule has 2 atom stereocenters. The van der Waals surface area contributed by atoms with Gasteiger partial charge < -0.3 is 10.0 Å². The van der Waals surface area contributed by atoms with Gasteiger partial charge in [-0.1, -0.05) is 29.8 Å². The van der Waals surface area contributed by atoms with Crippen molar-refractivity contribution in [3.8, 4) is 5.69 Å². The summed E-state index contributed by atoms with van der Waals surface area (Å²) in [7, 11) is 0. The first-order valence-electron chi connectivity index (χ1n) is 13.0. The summed E-state index contributed by atoms with van der Waals surface area (Å²) in [5, 5.41) is 20.8. The van der Waals surface area contributed by atoms with Crippen molar-refractivity contribution in [2.24, 2.45) is 0 Å². The quantitative estimate of drug-likeness (QED) is 0.290. The lowest BCUT2D eigenvalue weighted by Crippen LogP contribution is -2.52. The Morgan fingerprint density at radius 3 is 2.52 bits per heavy atom. The van der Waals surface area contributed by atoms with Gasteiger partial charge in [0.25, 0.3) is 0 Å². The molecule has 0 radical (unpaired) electrons. The fourth-order valence-electron chi connectivity index (χ4n) is 5.24. The summed E-state index contributed by atoms with van der Waals surface area (Å²) in [6.45, 7) is 0.242. The summed E-state index contributed by atoms with van der Waals surface area (Å²) < 4.78 is 30.1. The number of aromatic carboxylic acids is 1. The SMILES string of the molecule is O=C(O)c1ccc(CC(=O)C2C(c3ccc(F)cc3F)CCCN2C(=O)/C=C/c2cc(Cl)ccc2-n2cnnn2)cc1. The van der Waals surface area contributed by atoms with Crippen molar-refractivity contribution in [1.29, 1.82) is 0 Å². The number of Topliss-reactive ketones (excluding diaryl/α,β-unsaturated/α-hetero) is 1. The molecule has 2 heterocycles. The van der Waals surface area contributed by atoms with Crippen molar-refractivity contribution in [2.45, 2.75) is 31.2 Å². The average molecular weight is 592 g/mol. The van der Waals surface area contributed by atoms with Crippen molar-refractivity contribution in [1.82, 2.24) is 25.1 Å². The Bertz CT molecular complexity index is 1660. The Labute approximate surface area is 244 Å². The number of tetrazole rings is 1. The molecule has 0 aliphatic carbocycles. The summed E-state index contributed by atoms with van der Waals surface area (Å²) in [5.74, 6) is -4.19. The zero-order chi connectivity index (χ0) is 29.8. The number of halogens is 3. The van der Waals surface area contributed by atoms with Crippen LogP contribution in [0.1, 0.15) is 45.8 Å². The fraction of sp³-hybridized carbons (Fsp3) is 0.200. The standard InChI is InChI=1S/C30H24ClF2N5O4/c31-21-8-11-26(38-17-34-35-36-38)20(15-21)7-12-28(40)37-13-1-2-24(23-10-9-22(32)16-25(23)33)29(37)27(39)14-18-3-5-19(6-4-18)30(41)42/h3-12,15-17,24,29H,1-2,13-14H2,(H,41,42)/b12-7+. The third-order valence-corrected chi connectivity index (χ3v) is 7.41. The Hall–Kier alpha value is -4.77. The largest absolute Gasteiger partial charge is 0.478 e. The van der Waals surface area contributed by atoms with Crippen molar-refractivity contribution >= 4 is 35.3 Å². The normalized spacial score (nSPS) is 17.0. The molecule has 3 aromatic carbocycles. The molecule has 42 heavy (non-hydrogen) atoms. The lowest BCUT2D eigenvalue weighted by molar-refractivity contribution is -0.138. The summed E-state index contributed by atoms with van der Waals surface area (Å²) in [5.41, 5.74) is 1.87. The van der Waals surface area contributed by atoms with Crippen LogP contribution in [0.15, 0.2) is 73.1 Å². The molecule has 1 amide bonds. The Balaban J connectivity index is 1.48. The van der Waals surface area contributed by atoms with Crippen LogP contribution in [-0.4, -0.2) is 60.5 Å². The molecule has 0 saturated carbocycles. The van der Waals surface area contributed by atoms with E-state index in [1.165, 1.54) is 52.3 Å². The summed E-state index contributed by atoms with van der Waals surface area (Å²) in [4.78, 5) is 40.1.